The minimum atomic E-state index is -2.54. The van der Waals surface area contributed by atoms with Crippen molar-refractivity contribution in [3.63, 3.8) is 0 Å². The van der Waals surface area contributed by atoms with Gasteiger partial charge >= 0.3 is 0 Å². The molecule has 0 saturated heterocycles. The van der Waals surface area contributed by atoms with E-state index >= 15 is 0 Å². The zero-order valence-electron chi connectivity index (χ0n) is 23.9. The van der Waals surface area contributed by atoms with Gasteiger partial charge in [-0.15, -0.1) is 0 Å². The Morgan fingerprint density at radius 2 is 0.923 bits per heavy atom. The van der Waals surface area contributed by atoms with Crippen molar-refractivity contribution in [1.82, 2.24) is 0 Å². The second-order valence-corrected chi connectivity index (χ2v) is 15.6. The number of allylic oxidation sites excluding steroid dienone is 2. The molecule has 0 N–H and O–H groups in total. The van der Waals surface area contributed by atoms with E-state index in [1.807, 2.05) is 0 Å². The van der Waals surface area contributed by atoms with Crippen LogP contribution in [0.3, 0.4) is 0 Å². The Hall–Kier alpha value is -3.42. The van der Waals surface area contributed by atoms with Gasteiger partial charge in [-0.1, -0.05) is 157 Å². The molecule has 0 aromatic heterocycles. The van der Waals surface area contributed by atoms with Gasteiger partial charge in [-0.25, -0.2) is 0 Å². The summed E-state index contributed by atoms with van der Waals surface area (Å²) in [6.45, 7) is 9.42. The van der Waals surface area contributed by atoms with E-state index in [1.165, 1.54) is 56.6 Å². The summed E-state index contributed by atoms with van der Waals surface area (Å²) in [7, 11) is -2.54. The lowest BCUT2D eigenvalue weighted by Crippen LogP contribution is -2.67. The smallest absolute Gasteiger partial charge is 0.0672 e. The topological polar surface area (TPSA) is 0 Å². The molecule has 0 radical (unpaired) electrons. The summed E-state index contributed by atoms with van der Waals surface area (Å²) in [6, 6.07) is 37.5. The van der Waals surface area contributed by atoms with Crippen LogP contribution in [-0.4, -0.2) is 8.07 Å². The molecule has 0 fully saturated rings. The van der Waals surface area contributed by atoms with Gasteiger partial charge in [0.05, 0.1) is 0 Å². The SMILES string of the molecule is CCCc1cccc2c1C=C(C)C2[Si](c1ccccc1)(c1ccccc1)C1C(C)=Cc2c(CCC)cccc21. The van der Waals surface area contributed by atoms with Crippen molar-refractivity contribution in [2.45, 2.75) is 64.5 Å². The largest absolute Gasteiger partial charge is 0.140 e. The van der Waals surface area contributed by atoms with Crippen LogP contribution in [0.2, 0.25) is 0 Å². The van der Waals surface area contributed by atoms with Crippen LogP contribution in [0.1, 0.15) is 85.0 Å². The first-order valence-electron chi connectivity index (χ1n) is 14.8. The van der Waals surface area contributed by atoms with Gasteiger partial charge < -0.3 is 0 Å². The standard InChI is InChI=1S/C38H40Si/c1-5-15-29-17-13-23-33-35(29)25-27(3)37(33)39(31-19-9-7-10-20-31,32-21-11-8-12-22-32)38-28(4)26-36-30(16-6-2)18-14-24-34(36)38/h7-14,17-26,37-38H,5-6,15-16H2,1-4H3. The molecule has 2 unspecified atom stereocenters. The summed E-state index contributed by atoms with van der Waals surface area (Å²) in [6.07, 6.45) is 9.70. The van der Waals surface area contributed by atoms with Crippen LogP contribution in [0, 0.1) is 0 Å². The predicted molar refractivity (Wildman–Crippen MR) is 172 cm³/mol. The maximum atomic E-state index is 2.54. The molecule has 0 bridgehead atoms. The zero-order chi connectivity index (χ0) is 27.0. The quantitative estimate of drug-likeness (QED) is 0.202. The van der Waals surface area contributed by atoms with E-state index < -0.39 is 8.07 Å². The third-order valence-electron chi connectivity index (χ3n) is 9.19. The lowest BCUT2D eigenvalue weighted by molar-refractivity contribution is 0.912. The molecule has 2 atom stereocenters. The molecule has 0 amide bonds. The average Bonchev–Trinajstić information content (AvgIpc) is 3.49. The minimum absolute atomic E-state index is 0.378. The summed E-state index contributed by atoms with van der Waals surface area (Å²) < 4.78 is 0. The van der Waals surface area contributed by atoms with E-state index in [-0.39, 0.29) is 0 Å². The van der Waals surface area contributed by atoms with Crippen molar-refractivity contribution in [1.29, 1.82) is 0 Å². The third-order valence-corrected chi connectivity index (χ3v) is 15.1. The van der Waals surface area contributed by atoms with Crippen molar-refractivity contribution < 1.29 is 0 Å². The Balaban J connectivity index is 1.71. The number of hydrogen-bond donors (Lipinski definition) is 0. The molecule has 196 valence electrons. The maximum absolute atomic E-state index is 2.54. The molecule has 0 heterocycles. The first-order valence-corrected chi connectivity index (χ1v) is 17.0. The number of rotatable bonds is 8. The van der Waals surface area contributed by atoms with E-state index in [0.29, 0.717) is 11.1 Å². The van der Waals surface area contributed by atoms with Gasteiger partial charge in [0.1, 0.15) is 8.07 Å². The van der Waals surface area contributed by atoms with E-state index in [9.17, 15) is 0 Å². The van der Waals surface area contributed by atoms with Crippen molar-refractivity contribution in [2.24, 2.45) is 0 Å². The molecular formula is C38H40Si. The number of fused-ring (bicyclic) bond motifs is 2. The second kappa shape index (κ2) is 10.6. The number of benzene rings is 4. The van der Waals surface area contributed by atoms with E-state index in [4.69, 9.17) is 0 Å². The van der Waals surface area contributed by atoms with Gasteiger partial charge in [0.15, 0.2) is 0 Å². The minimum Gasteiger partial charge on any atom is -0.0672 e. The molecule has 39 heavy (non-hydrogen) atoms. The number of hydrogen-bond acceptors (Lipinski definition) is 0. The van der Waals surface area contributed by atoms with Crippen LogP contribution in [0.4, 0.5) is 0 Å². The van der Waals surface area contributed by atoms with Crippen LogP contribution in [0.15, 0.2) is 108 Å². The van der Waals surface area contributed by atoms with Crippen molar-refractivity contribution in [3.8, 4) is 0 Å². The van der Waals surface area contributed by atoms with E-state index in [2.05, 4.69) is 137 Å². The molecular weight excluding hydrogens is 485 g/mol. The Morgan fingerprint density at radius 1 is 0.513 bits per heavy atom. The monoisotopic (exact) mass is 524 g/mol. The van der Waals surface area contributed by atoms with Gasteiger partial charge in [-0.2, -0.15) is 0 Å². The summed E-state index contributed by atoms with van der Waals surface area (Å²) in [5.41, 5.74) is 12.9. The lowest BCUT2D eigenvalue weighted by Gasteiger charge is -2.45. The highest BCUT2D eigenvalue weighted by Gasteiger charge is 2.55. The molecule has 4 aromatic carbocycles. The molecule has 0 nitrogen and oxygen atoms in total. The van der Waals surface area contributed by atoms with Gasteiger partial charge in [0.25, 0.3) is 0 Å². The summed E-state index contributed by atoms with van der Waals surface area (Å²) in [5.74, 6) is 0. The second-order valence-electron chi connectivity index (χ2n) is 11.6. The first-order chi connectivity index (χ1) is 19.1. The van der Waals surface area contributed by atoms with Crippen LogP contribution in [0.5, 0.6) is 0 Å². The highest BCUT2D eigenvalue weighted by atomic mass is 28.3. The Labute approximate surface area is 236 Å². The molecule has 0 spiro atoms. The zero-order valence-corrected chi connectivity index (χ0v) is 24.9. The van der Waals surface area contributed by atoms with E-state index in [0.717, 1.165) is 12.8 Å². The number of aryl methyl sites for hydroxylation is 2. The third kappa shape index (κ3) is 4.10. The molecule has 6 rings (SSSR count). The normalized spacial score (nSPS) is 17.9. The van der Waals surface area contributed by atoms with Crippen LogP contribution in [0.25, 0.3) is 12.2 Å². The van der Waals surface area contributed by atoms with Gasteiger partial charge in [0, 0.05) is 11.1 Å². The van der Waals surface area contributed by atoms with E-state index in [1.54, 1.807) is 11.1 Å². The van der Waals surface area contributed by atoms with Gasteiger partial charge in [-0.05, 0) is 60.1 Å². The van der Waals surface area contributed by atoms with Gasteiger partial charge in [-0.3, -0.25) is 0 Å². The lowest BCUT2D eigenvalue weighted by atomic mass is 9.99. The molecule has 4 aromatic rings. The summed E-state index contributed by atoms with van der Waals surface area (Å²) >= 11 is 0. The maximum Gasteiger partial charge on any atom is 0.140 e. The van der Waals surface area contributed by atoms with Crippen LogP contribution >= 0.6 is 0 Å². The molecule has 0 aliphatic heterocycles. The first kappa shape index (κ1) is 25.8. The molecule has 0 saturated carbocycles. The highest BCUT2D eigenvalue weighted by Crippen LogP contribution is 2.52. The fourth-order valence-corrected chi connectivity index (χ4v) is 14.4. The Kier molecular flexibility index (Phi) is 7.04. The highest BCUT2D eigenvalue weighted by molar-refractivity contribution is 7.05. The summed E-state index contributed by atoms with van der Waals surface area (Å²) in [5, 5.41) is 3.07. The Morgan fingerprint density at radius 3 is 1.31 bits per heavy atom. The van der Waals surface area contributed by atoms with Crippen molar-refractivity contribution in [3.05, 3.63) is 142 Å². The van der Waals surface area contributed by atoms with Crippen molar-refractivity contribution in [2.75, 3.05) is 0 Å². The predicted octanol–water partition coefficient (Wildman–Crippen LogP) is 8.63. The molecule has 2 aliphatic rings. The van der Waals surface area contributed by atoms with Crippen LogP contribution in [-0.2, 0) is 12.8 Å². The average molecular weight is 525 g/mol. The van der Waals surface area contributed by atoms with Gasteiger partial charge in [0.2, 0.25) is 0 Å². The molecule has 2 aliphatic carbocycles. The van der Waals surface area contributed by atoms with Crippen molar-refractivity contribution >= 4 is 30.6 Å². The fraction of sp³-hybridized carbons (Fsp3) is 0.263. The summed E-state index contributed by atoms with van der Waals surface area (Å²) in [4.78, 5) is 0. The Bertz CT molecular complexity index is 1420. The van der Waals surface area contributed by atoms with Crippen LogP contribution < -0.4 is 10.4 Å². The molecule has 1 heteroatoms. The fourth-order valence-electron chi connectivity index (χ4n) is 7.85.